The monoisotopic (exact) mass is 445 g/mol. The number of amides is 1. The molecule has 0 atom stereocenters. The smallest absolute Gasteiger partial charge is 0.258 e. The van der Waals surface area contributed by atoms with Crippen molar-refractivity contribution in [3.8, 4) is 5.75 Å². The van der Waals surface area contributed by atoms with Crippen LogP contribution in [-0.4, -0.2) is 22.1 Å². The number of nitrogens with one attached hydrogen (secondary N) is 1. The molecular formula is C27H28FN3O2. The fraction of sp³-hybridized carbons (Fsp3) is 0.259. The molecule has 0 radical (unpaired) electrons. The van der Waals surface area contributed by atoms with Gasteiger partial charge in [0.1, 0.15) is 11.6 Å². The third-order valence-corrected chi connectivity index (χ3v) is 5.64. The zero-order chi connectivity index (χ0) is 23.2. The molecule has 0 bridgehead atoms. The average Bonchev–Trinajstić information content (AvgIpc) is 3.32. The SMILES string of the molecule is CCCCCOc1ccc(C(=O)Nc2ccc3cc(Cn4cccc4)cnc3c2C)c(F)c1. The molecule has 4 aromatic rings. The molecule has 170 valence electrons. The van der Waals surface area contributed by atoms with Crippen molar-refractivity contribution in [2.75, 3.05) is 11.9 Å². The van der Waals surface area contributed by atoms with Crippen LogP contribution in [0, 0.1) is 12.7 Å². The van der Waals surface area contributed by atoms with Crippen LogP contribution in [0.15, 0.2) is 67.1 Å². The maximum atomic E-state index is 14.6. The van der Waals surface area contributed by atoms with Crippen LogP contribution in [0.3, 0.4) is 0 Å². The number of benzene rings is 2. The minimum Gasteiger partial charge on any atom is -0.493 e. The van der Waals surface area contributed by atoms with Crippen molar-refractivity contribution in [3.05, 3.63) is 89.6 Å². The van der Waals surface area contributed by atoms with Crippen LogP contribution in [0.1, 0.15) is 47.7 Å². The Morgan fingerprint density at radius 1 is 1.12 bits per heavy atom. The molecule has 2 aromatic heterocycles. The Kier molecular flexibility index (Phi) is 7.03. The van der Waals surface area contributed by atoms with Gasteiger partial charge in [0.05, 0.1) is 17.7 Å². The first-order chi connectivity index (χ1) is 16.0. The molecule has 6 heteroatoms. The van der Waals surface area contributed by atoms with Crippen molar-refractivity contribution in [2.24, 2.45) is 0 Å². The highest BCUT2D eigenvalue weighted by atomic mass is 19.1. The summed E-state index contributed by atoms with van der Waals surface area (Å²) in [6.07, 6.45) is 8.95. The number of unbranched alkanes of at least 4 members (excludes halogenated alkanes) is 2. The molecule has 5 nitrogen and oxygen atoms in total. The van der Waals surface area contributed by atoms with E-state index in [1.54, 1.807) is 6.07 Å². The van der Waals surface area contributed by atoms with E-state index in [0.29, 0.717) is 18.0 Å². The van der Waals surface area contributed by atoms with Crippen LogP contribution in [0.2, 0.25) is 0 Å². The summed E-state index contributed by atoms with van der Waals surface area (Å²) in [5.41, 5.74) is 3.32. The number of carbonyl (C=O) groups is 1. The summed E-state index contributed by atoms with van der Waals surface area (Å²) in [6, 6.07) is 14.2. The molecule has 2 heterocycles. The van der Waals surface area contributed by atoms with Crippen LogP contribution in [0.4, 0.5) is 10.1 Å². The molecule has 4 rings (SSSR count). The number of hydrogen-bond acceptors (Lipinski definition) is 3. The van der Waals surface area contributed by atoms with Gasteiger partial charge in [-0.3, -0.25) is 9.78 Å². The Labute approximate surface area is 193 Å². The van der Waals surface area contributed by atoms with E-state index >= 15 is 0 Å². The van der Waals surface area contributed by atoms with E-state index in [4.69, 9.17) is 4.74 Å². The topological polar surface area (TPSA) is 56.1 Å². The highest BCUT2D eigenvalue weighted by molar-refractivity contribution is 6.06. The lowest BCUT2D eigenvalue weighted by molar-refractivity contribution is 0.102. The van der Waals surface area contributed by atoms with Crippen LogP contribution >= 0.6 is 0 Å². The Balaban J connectivity index is 1.47. The Hall–Kier alpha value is -3.67. The molecular weight excluding hydrogens is 417 g/mol. The van der Waals surface area contributed by atoms with E-state index in [0.717, 1.165) is 47.8 Å². The van der Waals surface area contributed by atoms with E-state index in [1.165, 1.54) is 12.1 Å². The molecule has 0 fully saturated rings. The molecule has 0 aliphatic carbocycles. The van der Waals surface area contributed by atoms with E-state index in [-0.39, 0.29) is 5.56 Å². The first kappa shape index (κ1) is 22.5. The predicted octanol–water partition coefficient (Wildman–Crippen LogP) is 6.35. The average molecular weight is 446 g/mol. The summed E-state index contributed by atoms with van der Waals surface area (Å²) >= 11 is 0. The first-order valence-corrected chi connectivity index (χ1v) is 11.3. The first-order valence-electron chi connectivity index (χ1n) is 11.3. The van der Waals surface area contributed by atoms with Gasteiger partial charge in [0.25, 0.3) is 5.91 Å². The maximum Gasteiger partial charge on any atom is 0.258 e. The molecule has 2 aromatic carbocycles. The van der Waals surface area contributed by atoms with Gasteiger partial charge in [-0.05, 0) is 60.9 Å². The quantitative estimate of drug-likeness (QED) is 0.305. The van der Waals surface area contributed by atoms with Crippen LogP contribution in [-0.2, 0) is 6.54 Å². The Morgan fingerprint density at radius 3 is 2.70 bits per heavy atom. The molecule has 1 amide bonds. The number of carbonyl (C=O) groups excluding carboxylic acids is 1. The summed E-state index contributed by atoms with van der Waals surface area (Å²) in [4.78, 5) is 17.4. The normalized spacial score (nSPS) is 11.0. The van der Waals surface area contributed by atoms with Gasteiger partial charge in [-0.1, -0.05) is 25.8 Å². The zero-order valence-corrected chi connectivity index (χ0v) is 19.0. The third-order valence-electron chi connectivity index (χ3n) is 5.64. The maximum absolute atomic E-state index is 14.6. The summed E-state index contributed by atoms with van der Waals surface area (Å²) in [5.74, 6) is -0.676. The standard InChI is InChI=1S/C27H28FN3O2/c1-3-4-7-14-33-22-9-10-23(24(28)16-22)27(32)30-25-11-8-21-15-20(17-29-26(21)19(25)2)18-31-12-5-6-13-31/h5-6,8-13,15-17H,3-4,7,14,18H2,1-2H3,(H,30,32). The fourth-order valence-corrected chi connectivity index (χ4v) is 3.80. The number of pyridine rings is 1. The highest BCUT2D eigenvalue weighted by Crippen LogP contribution is 2.26. The summed E-state index contributed by atoms with van der Waals surface area (Å²) in [5, 5.41) is 3.82. The van der Waals surface area contributed by atoms with Gasteiger partial charge in [-0.25, -0.2) is 4.39 Å². The van der Waals surface area contributed by atoms with Gasteiger partial charge < -0.3 is 14.6 Å². The number of hydrogen-bond donors (Lipinski definition) is 1. The van der Waals surface area contributed by atoms with Crippen molar-refractivity contribution in [1.29, 1.82) is 0 Å². The molecule has 0 saturated heterocycles. The molecule has 33 heavy (non-hydrogen) atoms. The second kappa shape index (κ2) is 10.3. The molecule has 0 saturated carbocycles. The van der Waals surface area contributed by atoms with Crippen molar-refractivity contribution in [3.63, 3.8) is 0 Å². The lowest BCUT2D eigenvalue weighted by Gasteiger charge is -2.13. The molecule has 0 aliphatic rings. The number of ether oxygens (including phenoxy) is 1. The minimum atomic E-state index is -0.605. The van der Waals surface area contributed by atoms with E-state index in [9.17, 15) is 9.18 Å². The van der Waals surface area contributed by atoms with Crippen LogP contribution in [0.5, 0.6) is 5.75 Å². The highest BCUT2D eigenvalue weighted by Gasteiger charge is 2.15. The van der Waals surface area contributed by atoms with Crippen molar-refractivity contribution >= 4 is 22.5 Å². The molecule has 0 spiro atoms. The predicted molar refractivity (Wildman–Crippen MR) is 129 cm³/mol. The van der Waals surface area contributed by atoms with Crippen molar-refractivity contribution < 1.29 is 13.9 Å². The minimum absolute atomic E-state index is 0.0227. The van der Waals surface area contributed by atoms with Crippen molar-refractivity contribution in [2.45, 2.75) is 39.7 Å². The molecule has 0 unspecified atom stereocenters. The number of anilines is 1. The number of aryl methyl sites for hydroxylation is 1. The number of fused-ring (bicyclic) bond motifs is 1. The van der Waals surface area contributed by atoms with Crippen LogP contribution in [0.25, 0.3) is 10.9 Å². The lowest BCUT2D eigenvalue weighted by atomic mass is 10.1. The van der Waals surface area contributed by atoms with Gasteiger partial charge >= 0.3 is 0 Å². The van der Waals surface area contributed by atoms with Gasteiger partial charge in [0, 0.05) is 42.3 Å². The van der Waals surface area contributed by atoms with Crippen LogP contribution < -0.4 is 10.1 Å². The Morgan fingerprint density at radius 2 is 1.94 bits per heavy atom. The molecule has 1 N–H and O–H groups in total. The summed E-state index contributed by atoms with van der Waals surface area (Å²) in [7, 11) is 0. The zero-order valence-electron chi connectivity index (χ0n) is 19.0. The third kappa shape index (κ3) is 5.40. The largest absolute Gasteiger partial charge is 0.493 e. The second-order valence-corrected chi connectivity index (χ2v) is 8.16. The van der Waals surface area contributed by atoms with Gasteiger partial charge in [-0.2, -0.15) is 0 Å². The van der Waals surface area contributed by atoms with Crippen molar-refractivity contribution in [1.82, 2.24) is 9.55 Å². The lowest BCUT2D eigenvalue weighted by Crippen LogP contribution is -2.15. The van der Waals surface area contributed by atoms with E-state index in [2.05, 4.69) is 27.9 Å². The Bertz CT molecular complexity index is 1250. The summed E-state index contributed by atoms with van der Waals surface area (Å²) in [6.45, 7) is 5.29. The van der Waals surface area contributed by atoms with Gasteiger partial charge in [0.15, 0.2) is 0 Å². The fourth-order valence-electron chi connectivity index (χ4n) is 3.80. The van der Waals surface area contributed by atoms with Gasteiger partial charge in [0.2, 0.25) is 0 Å². The number of rotatable bonds is 9. The number of nitrogens with zero attached hydrogens (tertiary/aromatic N) is 2. The number of halogens is 1. The van der Waals surface area contributed by atoms with E-state index < -0.39 is 11.7 Å². The second-order valence-electron chi connectivity index (χ2n) is 8.16. The van der Waals surface area contributed by atoms with E-state index in [1.807, 2.05) is 49.8 Å². The number of aromatic nitrogens is 2. The van der Waals surface area contributed by atoms with Gasteiger partial charge in [-0.15, -0.1) is 0 Å². The molecule has 0 aliphatic heterocycles. The summed E-state index contributed by atoms with van der Waals surface area (Å²) < 4.78 is 22.2.